The zero-order valence-electron chi connectivity index (χ0n) is 15.2. The van der Waals surface area contributed by atoms with Gasteiger partial charge < -0.3 is 14.8 Å². The van der Waals surface area contributed by atoms with Gasteiger partial charge in [-0.25, -0.2) is 0 Å². The number of hydrogen-bond acceptors (Lipinski definition) is 3. The van der Waals surface area contributed by atoms with Crippen molar-refractivity contribution < 1.29 is 0 Å². The van der Waals surface area contributed by atoms with E-state index in [1.165, 1.54) is 12.8 Å². The zero-order valence-corrected chi connectivity index (χ0v) is 17.6. The maximum absolute atomic E-state index is 4.77. The van der Waals surface area contributed by atoms with E-state index in [1.54, 1.807) is 6.33 Å². The number of aliphatic imine (C=N–C) groups is 1. The molecule has 0 aliphatic rings. The Morgan fingerprint density at radius 3 is 2.74 bits per heavy atom. The van der Waals surface area contributed by atoms with Crippen molar-refractivity contribution in [3.05, 3.63) is 12.2 Å². The standard InChI is InChI=1S/C16H32N6.HI/c1-6-9-11-21(5)16(19-14(4)7-2)17-10-12-22-13-18-20-15(22)8-3;/h13-14H,6-12H2,1-5H3,(H,17,19);1H. The lowest BCUT2D eigenvalue weighted by molar-refractivity contribution is 0.449. The summed E-state index contributed by atoms with van der Waals surface area (Å²) in [6.45, 7) is 11.3. The van der Waals surface area contributed by atoms with Crippen molar-refractivity contribution in [3.63, 3.8) is 0 Å². The first kappa shape index (κ1) is 22.1. The second-order valence-corrected chi connectivity index (χ2v) is 5.73. The van der Waals surface area contributed by atoms with Crippen LogP contribution in [-0.4, -0.2) is 51.8 Å². The molecule has 1 aromatic heterocycles. The predicted octanol–water partition coefficient (Wildman–Crippen LogP) is 2.93. The molecule has 0 bridgehead atoms. The molecule has 1 atom stereocenters. The van der Waals surface area contributed by atoms with Gasteiger partial charge in [0.25, 0.3) is 0 Å². The van der Waals surface area contributed by atoms with Gasteiger partial charge in [0.05, 0.1) is 6.54 Å². The summed E-state index contributed by atoms with van der Waals surface area (Å²) in [6, 6.07) is 0.434. The minimum absolute atomic E-state index is 0. The molecule has 1 N–H and O–H groups in total. The molecule has 1 aromatic rings. The number of halogens is 1. The fourth-order valence-corrected chi connectivity index (χ4v) is 2.10. The van der Waals surface area contributed by atoms with E-state index in [-0.39, 0.29) is 24.0 Å². The molecule has 0 radical (unpaired) electrons. The molecule has 0 aliphatic carbocycles. The number of unbranched alkanes of at least 4 members (excludes halogenated alkanes) is 1. The number of nitrogens with zero attached hydrogens (tertiary/aromatic N) is 5. The van der Waals surface area contributed by atoms with Crippen molar-refractivity contribution in [1.82, 2.24) is 25.0 Å². The first-order valence-electron chi connectivity index (χ1n) is 8.51. The molecule has 0 saturated heterocycles. The van der Waals surface area contributed by atoms with Gasteiger partial charge in [0.1, 0.15) is 12.2 Å². The molecule has 0 amide bonds. The van der Waals surface area contributed by atoms with Crippen LogP contribution >= 0.6 is 24.0 Å². The average Bonchev–Trinajstić information content (AvgIpc) is 2.98. The fraction of sp³-hybridized carbons (Fsp3) is 0.812. The van der Waals surface area contributed by atoms with Gasteiger partial charge >= 0.3 is 0 Å². The Hall–Kier alpha value is -0.860. The second kappa shape index (κ2) is 12.5. The van der Waals surface area contributed by atoms with Crippen LogP contribution in [0.3, 0.4) is 0 Å². The molecule has 23 heavy (non-hydrogen) atoms. The topological polar surface area (TPSA) is 58.3 Å². The summed E-state index contributed by atoms with van der Waals surface area (Å²) in [4.78, 5) is 6.99. The molecule has 1 heterocycles. The number of aryl methyl sites for hydroxylation is 1. The van der Waals surface area contributed by atoms with Gasteiger partial charge in [-0.1, -0.05) is 27.2 Å². The Morgan fingerprint density at radius 1 is 1.39 bits per heavy atom. The Kier molecular flexibility index (Phi) is 12.1. The molecule has 6 nitrogen and oxygen atoms in total. The third-order valence-electron chi connectivity index (χ3n) is 3.81. The van der Waals surface area contributed by atoms with Crippen molar-refractivity contribution >= 4 is 29.9 Å². The predicted molar refractivity (Wildman–Crippen MR) is 108 cm³/mol. The molecule has 0 saturated carbocycles. The Labute approximate surface area is 158 Å². The van der Waals surface area contributed by atoms with Gasteiger partial charge in [-0.05, 0) is 19.8 Å². The lowest BCUT2D eigenvalue weighted by Crippen LogP contribution is -2.43. The molecule has 0 fully saturated rings. The van der Waals surface area contributed by atoms with Gasteiger partial charge in [0, 0.05) is 32.6 Å². The third kappa shape index (κ3) is 7.99. The van der Waals surface area contributed by atoms with Crippen LogP contribution in [0, 0.1) is 0 Å². The van der Waals surface area contributed by atoms with Crippen molar-refractivity contribution in [1.29, 1.82) is 0 Å². The van der Waals surface area contributed by atoms with Crippen LogP contribution in [0.5, 0.6) is 0 Å². The smallest absolute Gasteiger partial charge is 0.193 e. The summed E-state index contributed by atoms with van der Waals surface area (Å²) in [5.41, 5.74) is 0. The highest BCUT2D eigenvalue weighted by atomic mass is 127. The molecule has 0 aliphatic heterocycles. The quantitative estimate of drug-likeness (QED) is 0.368. The normalized spacial score (nSPS) is 12.7. The molecule has 1 unspecified atom stereocenters. The Bertz CT molecular complexity index is 446. The molecule has 7 heteroatoms. The third-order valence-corrected chi connectivity index (χ3v) is 3.81. The van der Waals surface area contributed by atoms with Crippen LogP contribution in [0.4, 0.5) is 0 Å². The SMILES string of the molecule is CCCCN(C)C(=NCCn1cnnc1CC)NC(C)CC.I. The van der Waals surface area contributed by atoms with Crippen LogP contribution in [0.15, 0.2) is 11.3 Å². The molecule has 134 valence electrons. The zero-order chi connectivity index (χ0) is 16.4. The summed E-state index contributed by atoms with van der Waals surface area (Å²) >= 11 is 0. The van der Waals surface area contributed by atoms with E-state index in [2.05, 4.69) is 59.7 Å². The van der Waals surface area contributed by atoms with Crippen molar-refractivity contribution in [2.75, 3.05) is 20.1 Å². The molecule has 0 aromatic carbocycles. The van der Waals surface area contributed by atoms with Crippen molar-refractivity contribution in [2.24, 2.45) is 4.99 Å². The first-order valence-corrected chi connectivity index (χ1v) is 8.51. The number of hydrogen-bond donors (Lipinski definition) is 1. The van der Waals surface area contributed by atoms with Crippen LogP contribution in [0.2, 0.25) is 0 Å². The lowest BCUT2D eigenvalue weighted by Gasteiger charge is -2.25. The van der Waals surface area contributed by atoms with Gasteiger partial charge in [-0.15, -0.1) is 34.2 Å². The second-order valence-electron chi connectivity index (χ2n) is 5.73. The summed E-state index contributed by atoms with van der Waals surface area (Å²) in [5.74, 6) is 2.01. The van der Waals surface area contributed by atoms with Crippen LogP contribution in [-0.2, 0) is 13.0 Å². The van der Waals surface area contributed by atoms with Crippen LogP contribution in [0.25, 0.3) is 0 Å². The highest BCUT2D eigenvalue weighted by molar-refractivity contribution is 14.0. The highest BCUT2D eigenvalue weighted by Crippen LogP contribution is 1.99. The Balaban J connectivity index is 0.00000484. The monoisotopic (exact) mass is 436 g/mol. The van der Waals surface area contributed by atoms with E-state index in [4.69, 9.17) is 4.99 Å². The van der Waals surface area contributed by atoms with E-state index in [1.807, 2.05) is 0 Å². The van der Waals surface area contributed by atoms with Crippen molar-refractivity contribution in [2.45, 2.75) is 66.0 Å². The van der Waals surface area contributed by atoms with Gasteiger partial charge in [0.15, 0.2) is 5.96 Å². The Morgan fingerprint density at radius 2 is 2.13 bits per heavy atom. The van der Waals surface area contributed by atoms with E-state index < -0.39 is 0 Å². The number of rotatable bonds is 9. The fourth-order valence-electron chi connectivity index (χ4n) is 2.10. The van der Waals surface area contributed by atoms with Gasteiger partial charge in [-0.2, -0.15) is 0 Å². The van der Waals surface area contributed by atoms with Crippen LogP contribution in [0.1, 0.15) is 52.8 Å². The summed E-state index contributed by atoms with van der Waals surface area (Å²) in [6.07, 6.45) is 6.16. The molecule has 1 rings (SSSR count). The van der Waals surface area contributed by atoms with Crippen LogP contribution < -0.4 is 5.32 Å². The van der Waals surface area contributed by atoms with Gasteiger partial charge in [0.2, 0.25) is 0 Å². The summed E-state index contributed by atoms with van der Waals surface area (Å²) in [5, 5.41) is 11.6. The molecular formula is C16H33IN6. The first-order chi connectivity index (χ1) is 10.6. The minimum Gasteiger partial charge on any atom is -0.354 e. The van der Waals surface area contributed by atoms with Gasteiger partial charge in [-0.3, -0.25) is 4.99 Å². The molecule has 0 spiro atoms. The molecular weight excluding hydrogens is 403 g/mol. The number of guanidine groups is 1. The van der Waals surface area contributed by atoms with E-state index in [0.29, 0.717) is 6.04 Å². The van der Waals surface area contributed by atoms with E-state index in [9.17, 15) is 0 Å². The van der Waals surface area contributed by atoms with E-state index in [0.717, 1.165) is 44.3 Å². The maximum Gasteiger partial charge on any atom is 0.193 e. The lowest BCUT2D eigenvalue weighted by atomic mass is 10.2. The summed E-state index contributed by atoms with van der Waals surface area (Å²) in [7, 11) is 2.11. The summed E-state index contributed by atoms with van der Waals surface area (Å²) < 4.78 is 2.08. The number of nitrogens with one attached hydrogen (secondary N) is 1. The average molecular weight is 436 g/mol. The maximum atomic E-state index is 4.77. The van der Waals surface area contributed by atoms with Crippen molar-refractivity contribution in [3.8, 4) is 0 Å². The largest absolute Gasteiger partial charge is 0.354 e. The number of aromatic nitrogens is 3. The minimum atomic E-state index is 0. The highest BCUT2D eigenvalue weighted by Gasteiger charge is 2.09. The van der Waals surface area contributed by atoms with E-state index >= 15 is 0 Å².